The molecule has 1 fully saturated rings. The summed E-state index contributed by atoms with van der Waals surface area (Å²) in [6.45, 7) is 7.62. The lowest BCUT2D eigenvalue weighted by molar-refractivity contribution is -0.140. The second kappa shape index (κ2) is 14.2. The molecule has 38 heavy (non-hydrogen) atoms. The van der Waals surface area contributed by atoms with Crippen LogP contribution in [0.25, 0.3) is 5.76 Å². The Morgan fingerprint density at radius 2 is 1.53 bits per heavy atom. The highest BCUT2D eigenvalue weighted by molar-refractivity contribution is 6.46. The first kappa shape index (κ1) is 29.5. The first-order valence-corrected chi connectivity index (χ1v) is 13.7. The number of hydrogen-bond acceptors (Lipinski definition) is 6. The summed E-state index contributed by atoms with van der Waals surface area (Å²) in [5.41, 5.74) is 1.13. The minimum Gasteiger partial charge on any atom is -0.507 e. The van der Waals surface area contributed by atoms with Gasteiger partial charge in [-0.05, 0) is 80.9 Å². The van der Waals surface area contributed by atoms with E-state index in [2.05, 4.69) is 18.7 Å². The summed E-state index contributed by atoms with van der Waals surface area (Å²) in [5.74, 6) is -0.532. The number of benzene rings is 2. The summed E-state index contributed by atoms with van der Waals surface area (Å²) in [6.07, 6.45) is 5.22. The van der Waals surface area contributed by atoms with Crippen molar-refractivity contribution in [3.63, 3.8) is 0 Å². The molecule has 2 aromatic rings. The molecular weight excluding hydrogens is 504 g/mol. The predicted molar refractivity (Wildman–Crippen MR) is 151 cm³/mol. The van der Waals surface area contributed by atoms with Crippen LogP contribution >= 0.6 is 11.6 Å². The van der Waals surface area contributed by atoms with Crippen LogP contribution in [0.2, 0.25) is 5.02 Å². The van der Waals surface area contributed by atoms with Crippen molar-refractivity contribution < 1.29 is 24.2 Å². The molecular formula is C30H39ClN2O5. The molecule has 7 nitrogen and oxygen atoms in total. The molecule has 0 radical (unpaired) electrons. The molecule has 0 saturated carbocycles. The number of methoxy groups -OCH3 is 2. The number of carbonyl (C=O) groups is 2. The summed E-state index contributed by atoms with van der Waals surface area (Å²) < 4.78 is 10.9. The fraction of sp³-hybridized carbons (Fsp3) is 0.467. The number of ketones is 1. The molecule has 3 rings (SSSR count). The topological polar surface area (TPSA) is 79.3 Å². The Morgan fingerprint density at radius 1 is 0.921 bits per heavy atom. The lowest BCUT2D eigenvalue weighted by Gasteiger charge is -2.28. The van der Waals surface area contributed by atoms with Gasteiger partial charge in [-0.1, -0.05) is 44.4 Å². The normalized spacial score (nSPS) is 16.9. The van der Waals surface area contributed by atoms with Crippen molar-refractivity contribution >= 4 is 29.1 Å². The zero-order valence-electron chi connectivity index (χ0n) is 22.8. The quantitative estimate of drug-likeness (QED) is 0.177. The van der Waals surface area contributed by atoms with E-state index in [0.717, 1.165) is 45.3 Å². The van der Waals surface area contributed by atoms with Crippen LogP contribution in [0.15, 0.2) is 48.0 Å². The van der Waals surface area contributed by atoms with Crippen LogP contribution in [-0.4, -0.2) is 67.0 Å². The number of nitrogens with zero attached hydrogens (tertiary/aromatic N) is 2. The van der Waals surface area contributed by atoms with Gasteiger partial charge in [0.1, 0.15) is 5.76 Å². The number of halogens is 1. The number of ether oxygens (including phenoxy) is 2. The molecule has 0 bridgehead atoms. The Bertz CT molecular complexity index is 1120. The molecule has 0 aliphatic carbocycles. The maximum atomic E-state index is 13.3. The monoisotopic (exact) mass is 542 g/mol. The van der Waals surface area contributed by atoms with Gasteiger partial charge in [-0.15, -0.1) is 0 Å². The fourth-order valence-corrected chi connectivity index (χ4v) is 4.93. The summed E-state index contributed by atoms with van der Waals surface area (Å²) in [5, 5.41) is 11.8. The summed E-state index contributed by atoms with van der Waals surface area (Å²) in [4.78, 5) is 30.7. The maximum Gasteiger partial charge on any atom is 0.295 e. The van der Waals surface area contributed by atoms with E-state index in [4.69, 9.17) is 21.1 Å². The molecule has 206 valence electrons. The van der Waals surface area contributed by atoms with Crippen molar-refractivity contribution in [1.82, 2.24) is 9.80 Å². The van der Waals surface area contributed by atoms with Crippen molar-refractivity contribution in [3.05, 3.63) is 64.2 Å². The Labute approximate surface area is 231 Å². The molecule has 1 N–H and O–H groups in total. The molecule has 8 heteroatoms. The standard InChI is InChI=1S/C30H39ClN2O5/c1-5-7-16-32(17-8-6-2)18-9-19-33-27(22-12-15-24(37-3)25(20-22)38-4)26(29(35)30(33)36)28(34)21-10-13-23(31)14-11-21/h10-15,20,27,34H,5-9,16-19H2,1-4H3/t27-/m1/s1. The number of aliphatic hydroxyl groups is 1. The van der Waals surface area contributed by atoms with Crippen LogP contribution in [-0.2, 0) is 9.59 Å². The average molecular weight is 543 g/mol. The number of amides is 1. The zero-order valence-corrected chi connectivity index (χ0v) is 23.6. The molecule has 1 saturated heterocycles. The molecule has 1 atom stereocenters. The third-order valence-corrected chi connectivity index (χ3v) is 7.16. The van der Waals surface area contributed by atoms with Crippen LogP contribution in [0.4, 0.5) is 0 Å². The number of carbonyl (C=O) groups excluding carboxylic acids is 2. The van der Waals surface area contributed by atoms with Gasteiger partial charge in [0.25, 0.3) is 11.7 Å². The summed E-state index contributed by atoms with van der Waals surface area (Å²) in [6, 6.07) is 11.1. The molecule has 0 unspecified atom stereocenters. The van der Waals surface area contributed by atoms with Crippen LogP contribution < -0.4 is 9.47 Å². The zero-order chi connectivity index (χ0) is 27.7. The molecule has 1 aliphatic rings. The van der Waals surface area contributed by atoms with Gasteiger partial charge >= 0.3 is 0 Å². The highest BCUT2D eigenvalue weighted by Gasteiger charge is 2.46. The van der Waals surface area contributed by atoms with Gasteiger partial charge in [0, 0.05) is 17.1 Å². The van der Waals surface area contributed by atoms with Crippen molar-refractivity contribution in [3.8, 4) is 11.5 Å². The average Bonchev–Trinajstić information content (AvgIpc) is 3.18. The van der Waals surface area contributed by atoms with Gasteiger partial charge in [-0.2, -0.15) is 0 Å². The molecule has 1 aliphatic heterocycles. The van der Waals surface area contributed by atoms with Gasteiger partial charge in [-0.3, -0.25) is 9.59 Å². The highest BCUT2D eigenvalue weighted by atomic mass is 35.5. The summed E-state index contributed by atoms with van der Waals surface area (Å²) >= 11 is 6.03. The summed E-state index contributed by atoms with van der Waals surface area (Å²) in [7, 11) is 3.08. The Hall–Kier alpha value is -3.03. The minimum absolute atomic E-state index is 0.0540. The number of rotatable bonds is 14. The Morgan fingerprint density at radius 3 is 2.11 bits per heavy atom. The molecule has 2 aromatic carbocycles. The van der Waals surface area contributed by atoms with Crippen molar-refractivity contribution in [2.45, 2.75) is 52.0 Å². The van der Waals surface area contributed by atoms with E-state index in [1.54, 1.807) is 54.5 Å². The SMILES string of the molecule is CCCCN(CCCC)CCCN1C(=O)C(=O)C(=C(O)c2ccc(Cl)cc2)[C@H]1c1ccc(OC)c(OC)c1. The predicted octanol–water partition coefficient (Wildman–Crippen LogP) is 6.07. The third kappa shape index (κ3) is 6.88. The highest BCUT2D eigenvalue weighted by Crippen LogP contribution is 2.42. The minimum atomic E-state index is -0.759. The number of aliphatic hydroxyl groups excluding tert-OH is 1. The smallest absolute Gasteiger partial charge is 0.295 e. The van der Waals surface area contributed by atoms with Crippen molar-refractivity contribution in [2.75, 3.05) is 40.4 Å². The molecule has 0 aromatic heterocycles. The number of Topliss-reactive ketones (excluding diaryl/α,β-unsaturated/α-hetero) is 1. The van der Waals surface area contributed by atoms with Crippen LogP contribution in [0.3, 0.4) is 0 Å². The van der Waals surface area contributed by atoms with Gasteiger partial charge in [0.15, 0.2) is 11.5 Å². The van der Waals surface area contributed by atoms with Crippen molar-refractivity contribution in [1.29, 1.82) is 0 Å². The van der Waals surface area contributed by atoms with E-state index in [1.165, 1.54) is 7.11 Å². The van der Waals surface area contributed by atoms with E-state index < -0.39 is 17.7 Å². The second-order valence-electron chi connectivity index (χ2n) is 9.52. The van der Waals surface area contributed by atoms with Gasteiger partial charge in [-0.25, -0.2) is 0 Å². The van der Waals surface area contributed by atoms with Gasteiger partial charge < -0.3 is 24.4 Å². The Balaban J connectivity index is 1.98. The van der Waals surface area contributed by atoms with E-state index in [-0.39, 0.29) is 11.3 Å². The first-order valence-electron chi connectivity index (χ1n) is 13.3. The molecule has 0 spiro atoms. The second-order valence-corrected chi connectivity index (χ2v) is 9.95. The van der Waals surface area contributed by atoms with Gasteiger partial charge in [0.2, 0.25) is 0 Å². The largest absolute Gasteiger partial charge is 0.507 e. The van der Waals surface area contributed by atoms with E-state index in [1.807, 2.05) is 0 Å². The van der Waals surface area contributed by atoms with E-state index in [0.29, 0.717) is 40.6 Å². The lowest BCUT2D eigenvalue weighted by atomic mass is 9.95. The number of unbranched alkanes of at least 4 members (excludes halogenated alkanes) is 2. The van der Waals surface area contributed by atoms with Crippen LogP contribution in [0.1, 0.15) is 63.1 Å². The van der Waals surface area contributed by atoms with Crippen LogP contribution in [0.5, 0.6) is 11.5 Å². The van der Waals surface area contributed by atoms with Crippen molar-refractivity contribution in [2.24, 2.45) is 0 Å². The lowest BCUT2D eigenvalue weighted by Crippen LogP contribution is -2.34. The van der Waals surface area contributed by atoms with E-state index in [9.17, 15) is 14.7 Å². The molecule has 1 amide bonds. The molecule has 1 heterocycles. The Kier molecular flexibility index (Phi) is 11.0. The first-order chi connectivity index (χ1) is 18.4. The maximum absolute atomic E-state index is 13.3. The third-order valence-electron chi connectivity index (χ3n) is 6.91. The number of likely N-dealkylation sites (tertiary alicyclic amines) is 1. The fourth-order valence-electron chi connectivity index (χ4n) is 4.81. The van der Waals surface area contributed by atoms with Crippen LogP contribution in [0, 0.1) is 0 Å². The number of hydrogen-bond donors (Lipinski definition) is 1. The van der Waals surface area contributed by atoms with E-state index >= 15 is 0 Å². The van der Waals surface area contributed by atoms with Gasteiger partial charge in [0.05, 0.1) is 25.8 Å².